The first kappa shape index (κ1) is 22.9. The van der Waals surface area contributed by atoms with Crippen molar-refractivity contribution >= 4 is 17.6 Å². The summed E-state index contributed by atoms with van der Waals surface area (Å²) in [6.07, 6.45) is -1.07. The van der Waals surface area contributed by atoms with Gasteiger partial charge < -0.3 is 14.8 Å². The predicted octanol–water partition coefficient (Wildman–Crippen LogP) is 3.13. The average Bonchev–Trinajstić information content (AvgIpc) is 2.98. The highest BCUT2D eigenvalue weighted by atomic mass is 16.5. The minimum Gasteiger partial charge on any atom is -0.493 e. The van der Waals surface area contributed by atoms with Crippen molar-refractivity contribution in [2.24, 2.45) is 7.05 Å². The summed E-state index contributed by atoms with van der Waals surface area (Å²) in [5, 5.41) is 2.60. The van der Waals surface area contributed by atoms with Crippen LogP contribution in [-0.4, -0.2) is 34.0 Å². The Labute approximate surface area is 186 Å². The molecule has 1 aromatic heterocycles. The zero-order chi connectivity index (χ0) is 23.3. The fourth-order valence-electron chi connectivity index (χ4n) is 3.13. The second-order valence-electron chi connectivity index (χ2n) is 7.47. The van der Waals surface area contributed by atoms with Gasteiger partial charge in [0, 0.05) is 7.05 Å². The molecule has 8 heteroatoms. The fraction of sp³-hybridized carbons (Fsp3) is 0.292. The van der Waals surface area contributed by atoms with Crippen molar-refractivity contribution in [3.8, 4) is 11.4 Å². The van der Waals surface area contributed by atoms with Crippen molar-refractivity contribution in [1.29, 1.82) is 0 Å². The second-order valence-corrected chi connectivity index (χ2v) is 7.47. The molecule has 0 saturated heterocycles. The van der Waals surface area contributed by atoms with Crippen molar-refractivity contribution in [2.75, 3.05) is 11.9 Å². The molecule has 0 fully saturated rings. The van der Waals surface area contributed by atoms with E-state index < -0.39 is 18.0 Å². The van der Waals surface area contributed by atoms with E-state index in [1.54, 1.807) is 30.8 Å². The van der Waals surface area contributed by atoms with Gasteiger partial charge in [-0.25, -0.2) is 4.68 Å². The van der Waals surface area contributed by atoms with Gasteiger partial charge in [-0.3, -0.25) is 19.1 Å². The Balaban J connectivity index is 1.58. The zero-order valence-corrected chi connectivity index (χ0v) is 18.6. The van der Waals surface area contributed by atoms with Gasteiger partial charge in [-0.05, 0) is 45.0 Å². The van der Waals surface area contributed by atoms with Gasteiger partial charge in [0.15, 0.2) is 6.10 Å². The number of aryl methyl sites for hydroxylation is 1. The summed E-state index contributed by atoms with van der Waals surface area (Å²) in [4.78, 5) is 37.5. The molecule has 0 aliphatic carbocycles. The van der Waals surface area contributed by atoms with Crippen molar-refractivity contribution in [1.82, 2.24) is 9.36 Å². The smallest absolute Gasteiger partial charge is 0.310 e. The Morgan fingerprint density at radius 1 is 1.03 bits per heavy atom. The monoisotopic (exact) mass is 437 g/mol. The quantitative estimate of drug-likeness (QED) is 0.547. The van der Waals surface area contributed by atoms with Gasteiger partial charge in [-0.15, -0.1) is 0 Å². The first-order chi connectivity index (χ1) is 15.3. The van der Waals surface area contributed by atoms with Crippen molar-refractivity contribution in [2.45, 2.75) is 33.3 Å². The lowest BCUT2D eigenvalue weighted by Crippen LogP contribution is -2.32. The first-order valence-corrected chi connectivity index (χ1v) is 10.3. The largest absolute Gasteiger partial charge is 0.493 e. The van der Waals surface area contributed by atoms with Crippen LogP contribution in [0.1, 0.15) is 24.6 Å². The number of nitrogens with zero attached hydrogens (tertiary/aromatic N) is 2. The van der Waals surface area contributed by atoms with Crippen LogP contribution in [0.5, 0.6) is 5.75 Å². The van der Waals surface area contributed by atoms with E-state index in [2.05, 4.69) is 5.32 Å². The van der Waals surface area contributed by atoms with Crippen LogP contribution in [0.2, 0.25) is 0 Å². The van der Waals surface area contributed by atoms with E-state index in [0.29, 0.717) is 17.1 Å². The van der Waals surface area contributed by atoms with E-state index in [1.807, 2.05) is 49.4 Å². The standard InChI is InChI=1S/C24H27N3O5/c1-16-10-12-20(13-11-16)31-15-14-21(28)32-18(3)23(29)25-22-17(2)26(4)27(24(22)30)19-8-6-5-7-9-19/h5-13,18H,14-15H2,1-4H3,(H,25,29)/t18-/m1/s1. The predicted molar refractivity (Wildman–Crippen MR) is 121 cm³/mol. The van der Waals surface area contributed by atoms with Gasteiger partial charge in [-0.1, -0.05) is 35.9 Å². The SMILES string of the molecule is Cc1ccc(OCCC(=O)O[C@H](C)C(=O)Nc2c(C)n(C)n(-c3ccccc3)c2=O)cc1. The number of nitrogens with one attached hydrogen (secondary N) is 1. The van der Waals surface area contributed by atoms with E-state index in [4.69, 9.17) is 9.47 Å². The molecule has 0 aliphatic rings. The lowest BCUT2D eigenvalue weighted by Gasteiger charge is -2.13. The molecular weight excluding hydrogens is 410 g/mol. The third-order valence-electron chi connectivity index (χ3n) is 5.08. The summed E-state index contributed by atoms with van der Waals surface area (Å²) in [5.41, 5.74) is 2.15. The van der Waals surface area contributed by atoms with Crippen LogP contribution in [0.15, 0.2) is 59.4 Å². The summed E-state index contributed by atoms with van der Waals surface area (Å²) in [6, 6.07) is 16.6. The molecule has 1 N–H and O–H groups in total. The number of anilines is 1. The van der Waals surface area contributed by atoms with E-state index in [9.17, 15) is 14.4 Å². The van der Waals surface area contributed by atoms with E-state index in [0.717, 1.165) is 5.56 Å². The van der Waals surface area contributed by atoms with Gasteiger partial charge in [0.05, 0.1) is 24.4 Å². The maximum Gasteiger partial charge on any atom is 0.310 e. The highest BCUT2D eigenvalue weighted by Gasteiger charge is 2.23. The third kappa shape index (κ3) is 5.26. The van der Waals surface area contributed by atoms with Crippen LogP contribution in [0.4, 0.5) is 5.69 Å². The maximum absolute atomic E-state index is 12.9. The summed E-state index contributed by atoms with van der Waals surface area (Å²) in [7, 11) is 1.73. The molecule has 32 heavy (non-hydrogen) atoms. The number of rotatable bonds is 8. The topological polar surface area (TPSA) is 91.6 Å². The molecular formula is C24H27N3O5. The zero-order valence-electron chi connectivity index (χ0n) is 18.6. The molecule has 3 aromatic rings. The molecule has 0 saturated carbocycles. The third-order valence-corrected chi connectivity index (χ3v) is 5.08. The molecule has 0 bridgehead atoms. The molecule has 1 atom stereocenters. The second kappa shape index (κ2) is 10.00. The minimum absolute atomic E-state index is 0.00330. The number of benzene rings is 2. The number of ether oxygens (including phenoxy) is 2. The molecule has 2 aromatic carbocycles. The molecule has 3 rings (SSSR count). The molecule has 0 unspecified atom stereocenters. The number of para-hydroxylation sites is 1. The Hall–Kier alpha value is -3.81. The van der Waals surface area contributed by atoms with E-state index in [-0.39, 0.29) is 24.3 Å². The normalized spacial score (nSPS) is 11.6. The number of carbonyl (C=O) groups is 2. The summed E-state index contributed by atoms with van der Waals surface area (Å²) in [6.45, 7) is 5.30. The molecule has 0 spiro atoms. The summed E-state index contributed by atoms with van der Waals surface area (Å²) >= 11 is 0. The van der Waals surface area contributed by atoms with Crippen LogP contribution in [0, 0.1) is 13.8 Å². The Morgan fingerprint density at radius 3 is 2.34 bits per heavy atom. The van der Waals surface area contributed by atoms with Gasteiger partial charge in [-0.2, -0.15) is 0 Å². The highest BCUT2D eigenvalue weighted by Crippen LogP contribution is 2.15. The van der Waals surface area contributed by atoms with Crippen LogP contribution < -0.4 is 15.6 Å². The van der Waals surface area contributed by atoms with Gasteiger partial charge in [0.25, 0.3) is 11.5 Å². The molecule has 0 aliphatic heterocycles. The number of carbonyl (C=O) groups excluding carboxylic acids is 2. The number of esters is 1. The lowest BCUT2D eigenvalue weighted by atomic mass is 10.2. The Bertz CT molecular complexity index is 1150. The molecule has 8 nitrogen and oxygen atoms in total. The van der Waals surface area contributed by atoms with Gasteiger partial charge in [0.2, 0.25) is 0 Å². The number of hydrogen-bond donors (Lipinski definition) is 1. The summed E-state index contributed by atoms with van der Waals surface area (Å²) in [5.74, 6) is -0.488. The van der Waals surface area contributed by atoms with Crippen LogP contribution in [-0.2, 0) is 21.4 Å². The van der Waals surface area contributed by atoms with Crippen LogP contribution >= 0.6 is 0 Å². The first-order valence-electron chi connectivity index (χ1n) is 10.3. The van der Waals surface area contributed by atoms with Crippen molar-refractivity contribution < 1.29 is 19.1 Å². The molecule has 0 radical (unpaired) electrons. The van der Waals surface area contributed by atoms with E-state index >= 15 is 0 Å². The molecule has 168 valence electrons. The molecule has 1 amide bonds. The average molecular weight is 437 g/mol. The molecule has 1 heterocycles. The van der Waals surface area contributed by atoms with Crippen molar-refractivity contribution in [3.05, 3.63) is 76.2 Å². The van der Waals surface area contributed by atoms with Crippen molar-refractivity contribution in [3.63, 3.8) is 0 Å². The highest BCUT2D eigenvalue weighted by molar-refractivity contribution is 5.95. The van der Waals surface area contributed by atoms with E-state index in [1.165, 1.54) is 11.6 Å². The van der Waals surface area contributed by atoms with Gasteiger partial charge >= 0.3 is 5.97 Å². The van der Waals surface area contributed by atoms with Gasteiger partial charge in [0.1, 0.15) is 11.4 Å². The van der Waals surface area contributed by atoms with Crippen LogP contribution in [0.3, 0.4) is 0 Å². The minimum atomic E-state index is -1.06. The van der Waals surface area contributed by atoms with Crippen LogP contribution in [0.25, 0.3) is 5.69 Å². The Morgan fingerprint density at radius 2 is 1.69 bits per heavy atom. The number of aromatic nitrogens is 2. The number of hydrogen-bond acceptors (Lipinski definition) is 5. The maximum atomic E-state index is 12.9. The summed E-state index contributed by atoms with van der Waals surface area (Å²) < 4.78 is 13.8. The fourth-order valence-corrected chi connectivity index (χ4v) is 3.13. The lowest BCUT2D eigenvalue weighted by molar-refractivity contribution is -0.153. The Kier molecular flexibility index (Phi) is 7.14. The number of amides is 1.